The van der Waals surface area contributed by atoms with Crippen molar-refractivity contribution >= 4 is 5.97 Å². The summed E-state index contributed by atoms with van der Waals surface area (Å²) in [6, 6.07) is 0. The zero-order valence-corrected chi connectivity index (χ0v) is 11.7. The van der Waals surface area contributed by atoms with Crippen LogP contribution in [0.15, 0.2) is 0 Å². The lowest BCUT2D eigenvalue weighted by atomic mass is 9.92. The smallest absolute Gasteiger partial charge is 0.303 e. The van der Waals surface area contributed by atoms with Crippen molar-refractivity contribution in [1.29, 1.82) is 0 Å². The SMILES string of the molecule is CCCCCCCC(CCCCC)CC(=O)O. The standard InChI is InChI=1S/C15H30O2/c1-3-5-7-8-10-12-14(13-15(16)17)11-9-6-4-2/h14H,3-13H2,1-2H3,(H,16,17). The number of hydrogen-bond donors (Lipinski definition) is 1. The Labute approximate surface area is 107 Å². The number of carbonyl (C=O) groups is 1. The molecule has 0 fully saturated rings. The number of rotatable bonds is 12. The lowest BCUT2D eigenvalue weighted by molar-refractivity contribution is -0.138. The molecule has 2 heteroatoms. The second kappa shape index (κ2) is 11.9. The van der Waals surface area contributed by atoms with Crippen molar-refractivity contribution in [2.75, 3.05) is 0 Å². The summed E-state index contributed by atoms with van der Waals surface area (Å²) in [5.41, 5.74) is 0. The van der Waals surface area contributed by atoms with Crippen molar-refractivity contribution in [3.8, 4) is 0 Å². The summed E-state index contributed by atoms with van der Waals surface area (Å²) in [6.07, 6.45) is 12.6. The van der Waals surface area contributed by atoms with Crippen LogP contribution in [0.2, 0.25) is 0 Å². The largest absolute Gasteiger partial charge is 0.481 e. The first kappa shape index (κ1) is 16.5. The van der Waals surface area contributed by atoms with E-state index < -0.39 is 5.97 Å². The van der Waals surface area contributed by atoms with Gasteiger partial charge in [0.1, 0.15) is 0 Å². The van der Waals surface area contributed by atoms with Gasteiger partial charge in [0.15, 0.2) is 0 Å². The van der Waals surface area contributed by atoms with Crippen molar-refractivity contribution in [3.63, 3.8) is 0 Å². The number of carboxylic acids is 1. The molecule has 0 amide bonds. The maximum atomic E-state index is 10.8. The van der Waals surface area contributed by atoms with Crippen LogP contribution in [0.1, 0.15) is 84.5 Å². The van der Waals surface area contributed by atoms with E-state index in [1.807, 2.05) is 0 Å². The molecule has 1 N–H and O–H groups in total. The lowest BCUT2D eigenvalue weighted by Gasteiger charge is -2.14. The Morgan fingerprint density at radius 2 is 1.35 bits per heavy atom. The second-order valence-corrected chi connectivity index (χ2v) is 5.16. The second-order valence-electron chi connectivity index (χ2n) is 5.16. The quantitative estimate of drug-likeness (QED) is 0.488. The Bertz CT molecular complexity index is 178. The first-order chi connectivity index (χ1) is 8.20. The average molecular weight is 242 g/mol. The zero-order valence-electron chi connectivity index (χ0n) is 11.7. The molecule has 0 rings (SSSR count). The van der Waals surface area contributed by atoms with Crippen molar-refractivity contribution in [3.05, 3.63) is 0 Å². The summed E-state index contributed by atoms with van der Waals surface area (Å²) in [7, 11) is 0. The molecule has 0 aromatic carbocycles. The van der Waals surface area contributed by atoms with Crippen LogP contribution in [0.25, 0.3) is 0 Å². The number of hydrogen-bond acceptors (Lipinski definition) is 1. The first-order valence-electron chi connectivity index (χ1n) is 7.42. The molecule has 102 valence electrons. The summed E-state index contributed by atoms with van der Waals surface area (Å²) in [4.78, 5) is 10.8. The molecule has 0 aliphatic rings. The van der Waals surface area contributed by atoms with E-state index in [4.69, 9.17) is 5.11 Å². The molecule has 0 bridgehead atoms. The fourth-order valence-corrected chi connectivity index (χ4v) is 2.31. The van der Waals surface area contributed by atoms with Crippen LogP contribution in [-0.4, -0.2) is 11.1 Å². The van der Waals surface area contributed by atoms with Gasteiger partial charge in [0.2, 0.25) is 0 Å². The molecule has 0 aromatic rings. The van der Waals surface area contributed by atoms with Gasteiger partial charge in [0.05, 0.1) is 0 Å². The van der Waals surface area contributed by atoms with E-state index >= 15 is 0 Å². The van der Waals surface area contributed by atoms with Gasteiger partial charge >= 0.3 is 5.97 Å². The van der Waals surface area contributed by atoms with Crippen LogP contribution in [0, 0.1) is 5.92 Å². The van der Waals surface area contributed by atoms with Crippen LogP contribution >= 0.6 is 0 Å². The van der Waals surface area contributed by atoms with Crippen molar-refractivity contribution in [2.24, 2.45) is 5.92 Å². The van der Waals surface area contributed by atoms with E-state index in [2.05, 4.69) is 13.8 Å². The van der Waals surface area contributed by atoms with Gasteiger partial charge in [0.25, 0.3) is 0 Å². The first-order valence-corrected chi connectivity index (χ1v) is 7.42. The molecule has 0 spiro atoms. The Morgan fingerprint density at radius 1 is 0.882 bits per heavy atom. The Balaban J connectivity index is 3.65. The summed E-state index contributed by atoms with van der Waals surface area (Å²) in [5.74, 6) is -0.208. The third-order valence-electron chi connectivity index (χ3n) is 3.40. The Morgan fingerprint density at radius 3 is 1.88 bits per heavy atom. The molecule has 2 nitrogen and oxygen atoms in total. The van der Waals surface area contributed by atoms with Crippen molar-refractivity contribution in [1.82, 2.24) is 0 Å². The van der Waals surface area contributed by atoms with Crippen LogP contribution < -0.4 is 0 Å². The highest BCUT2D eigenvalue weighted by atomic mass is 16.4. The molecular formula is C15H30O2. The highest BCUT2D eigenvalue weighted by Crippen LogP contribution is 2.21. The van der Waals surface area contributed by atoms with E-state index in [0.717, 1.165) is 12.8 Å². The molecule has 0 saturated heterocycles. The Hall–Kier alpha value is -0.530. The summed E-state index contributed by atoms with van der Waals surface area (Å²) in [5, 5.41) is 8.88. The van der Waals surface area contributed by atoms with Gasteiger partial charge in [-0.3, -0.25) is 4.79 Å². The molecule has 1 unspecified atom stereocenters. The van der Waals surface area contributed by atoms with E-state index in [-0.39, 0.29) is 0 Å². The average Bonchev–Trinajstić information content (AvgIpc) is 2.28. The lowest BCUT2D eigenvalue weighted by Crippen LogP contribution is -2.08. The van der Waals surface area contributed by atoms with Gasteiger partial charge in [-0.05, 0) is 18.8 Å². The fourth-order valence-electron chi connectivity index (χ4n) is 2.31. The molecule has 0 saturated carbocycles. The van der Waals surface area contributed by atoms with Gasteiger partial charge < -0.3 is 5.11 Å². The van der Waals surface area contributed by atoms with Crippen LogP contribution in [0.5, 0.6) is 0 Å². The van der Waals surface area contributed by atoms with Gasteiger partial charge in [-0.2, -0.15) is 0 Å². The van der Waals surface area contributed by atoms with Crippen molar-refractivity contribution in [2.45, 2.75) is 84.5 Å². The number of aliphatic carboxylic acids is 1. The normalized spacial score (nSPS) is 12.6. The molecule has 0 aliphatic carbocycles. The fraction of sp³-hybridized carbons (Fsp3) is 0.933. The van der Waals surface area contributed by atoms with Gasteiger partial charge in [-0.25, -0.2) is 0 Å². The summed E-state index contributed by atoms with van der Waals surface area (Å²) < 4.78 is 0. The Kier molecular flexibility index (Phi) is 11.6. The minimum Gasteiger partial charge on any atom is -0.481 e. The summed E-state index contributed by atoms with van der Waals surface area (Å²) >= 11 is 0. The maximum absolute atomic E-state index is 10.8. The minimum absolute atomic E-state index is 0.373. The predicted octanol–water partition coefficient (Wildman–Crippen LogP) is 5.02. The van der Waals surface area contributed by atoms with Crippen molar-refractivity contribution < 1.29 is 9.90 Å². The van der Waals surface area contributed by atoms with E-state index in [9.17, 15) is 4.79 Å². The zero-order chi connectivity index (χ0) is 12.9. The van der Waals surface area contributed by atoms with E-state index in [1.54, 1.807) is 0 Å². The van der Waals surface area contributed by atoms with Gasteiger partial charge in [-0.1, -0.05) is 65.2 Å². The number of unbranched alkanes of at least 4 members (excludes halogenated alkanes) is 6. The molecule has 0 aromatic heterocycles. The van der Waals surface area contributed by atoms with E-state index in [1.165, 1.54) is 51.4 Å². The third kappa shape index (κ3) is 11.7. The van der Waals surface area contributed by atoms with Crippen LogP contribution in [-0.2, 0) is 4.79 Å². The summed E-state index contributed by atoms with van der Waals surface area (Å²) in [6.45, 7) is 4.41. The molecule has 0 heterocycles. The number of carboxylic acid groups (broad SMARTS) is 1. The molecule has 1 atom stereocenters. The molecule has 0 radical (unpaired) electrons. The third-order valence-corrected chi connectivity index (χ3v) is 3.40. The van der Waals surface area contributed by atoms with Crippen LogP contribution in [0.3, 0.4) is 0 Å². The predicted molar refractivity (Wildman–Crippen MR) is 73.3 cm³/mol. The highest BCUT2D eigenvalue weighted by molar-refractivity contribution is 5.66. The van der Waals surface area contributed by atoms with Gasteiger partial charge in [0, 0.05) is 6.42 Å². The van der Waals surface area contributed by atoms with E-state index in [0.29, 0.717) is 12.3 Å². The van der Waals surface area contributed by atoms with Gasteiger partial charge in [-0.15, -0.1) is 0 Å². The molecule has 0 aliphatic heterocycles. The maximum Gasteiger partial charge on any atom is 0.303 e. The monoisotopic (exact) mass is 242 g/mol. The minimum atomic E-state index is -0.625. The molecule has 17 heavy (non-hydrogen) atoms. The highest BCUT2D eigenvalue weighted by Gasteiger charge is 2.12. The topological polar surface area (TPSA) is 37.3 Å². The van der Waals surface area contributed by atoms with Crippen LogP contribution in [0.4, 0.5) is 0 Å². The molecular weight excluding hydrogens is 212 g/mol.